The fourth-order valence-corrected chi connectivity index (χ4v) is 2.91. The van der Waals surface area contributed by atoms with E-state index in [0.717, 1.165) is 16.9 Å². The number of benzene rings is 2. The van der Waals surface area contributed by atoms with Gasteiger partial charge in [-0.05, 0) is 42.0 Å². The Kier molecular flexibility index (Phi) is 4.18. The van der Waals surface area contributed by atoms with Crippen LogP contribution in [0, 0.1) is 0 Å². The Morgan fingerprint density at radius 1 is 1.00 bits per heavy atom. The molecule has 0 fully saturated rings. The van der Waals surface area contributed by atoms with Crippen molar-refractivity contribution in [3.05, 3.63) is 71.4 Å². The van der Waals surface area contributed by atoms with E-state index in [2.05, 4.69) is 26.5 Å². The molecule has 0 spiro atoms. The number of nitrogens with one attached hydrogen (secondary N) is 4. The molecule has 7 heteroatoms. The number of hydrogen-bond acceptors (Lipinski definition) is 5. The van der Waals surface area contributed by atoms with Crippen LogP contribution in [0.4, 0.5) is 17.1 Å². The quantitative estimate of drug-likeness (QED) is 0.620. The zero-order valence-corrected chi connectivity index (χ0v) is 14.5. The van der Waals surface area contributed by atoms with Gasteiger partial charge in [-0.1, -0.05) is 24.3 Å². The molecule has 2 aromatic rings. The normalized spacial score (nSPS) is 17.5. The maximum absolute atomic E-state index is 12.3. The maximum atomic E-state index is 12.3. The summed E-state index contributed by atoms with van der Waals surface area (Å²) in [5, 5.41) is 13.2. The highest BCUT2D eigenvalue weighted by molar-refractivity contribution is 6.29. The van der Waals surface area contributed by atoms with Crippen LogP contribution in [0.2, 0.25) is 0 Å². The number of carbonyl (C=O) groups excluding carboxylic acids is 2. The Morgan fingerprint density at radius 2 is 1.74 bits per heavy atom. The smallest absolute Gasteiger partial charge is 0.277 e. The Hall–Kier alpha value is -3.87. The number of fused-ring (bicyclic) bond motifs is 1. The number of para-hydroxylation sites is 1. The summed E-state index contributed by atoms with van der Waals surface area (Å²) >= 11 is 0. The molecule has 7 nitrogen and oxygen atoms in total. The molecule has 0 radical (unpaired) electrons. The first-order chi connectivity index (χ1) is 13.1. The van der Waals surface area contributed by atoms with E-state index >= 15 is 0 Å². The van der Waals surface area contributed by atoms with E-state index in [0.29, 0.717) is 22.8 Å². The molecule has 0 bridgehead atoms. The molecule has 2 aliphatic rings. The second kappa shape index (κ2) is 6.80. The molecule has 4 rings (SSSR count). The van der Waals surface area contributed by atoms with Gasteiger partial charge in [-0.15, -0.1) is 0 Å². The summed E-state index contributed by atoms with van der Waals surface area (Å²) in [5.74, 6) is 0.0193. The maximum Gasteiger partial charge on any atom is 0.277 e. The molecule has 0 atom stereocenters. The fourth-order valence-electron chi connectivity index (χ4n) is 2.91. The summed E-state index contributed by atoms with van der Waals surface area (Å²) in [6.07, 6.45) is 3.82. The van der Waals surface area contributed by atoms with Gasteiger partial charge in [0.2, 0.25) is 5.91 Å². The molecule has 0 unspecified atom stereocenters. The molecule has 2 heterocycles. The van der Waals surface area contributed by atoms with Crippen LogP contribution in [0.5, 0.6) is 0 Å². The molecule has 0 aliphatic carbocycles. The lowest BCUT2D eigenvalue weighted by atomic mass is 10.0. The first-order valence-electron chi connectivity index (χ1n) is 8.41. The number of rotatable bonds is 2. The second-order valence-electron chi connectivity index (χ2n) is 6.12. The number of amidine groups is 1. The minimum absolute atomic E-state index is 0.131. The van der Waals surface area contributed by atoms with Gasteiger partial charge in [0, 0.05) is 24.0 Å². The van der Waals surface area contributed by atoms with E-state index in [1.807, 2.05) is 36.4 Å². The van der Waals surface area contributed by atoms with E-state index in [1.54, 1.807) is 24.3 Å². The van der Waals surface area contributed by atoms with Gasteiger partial charge in [-0.2, -0.15) is 5.10 Å². The highest BCUT2D eigenvalue weighted by Crippen LogP contribution is 2.27. The van der Waals surface area contributed by atoms with Crippen LogP contribution < -0.4 is 21.4 Å². The third kappa shape index (κ3) is 3.43. The lowest BCUT2D eigenvalue weighted by Gasteiger charge is -2.17. The molecule has 2 aliphatic heterocycles. The van der Waals surface area contributed by atoms with Gasteiger partial charge in [-0.25, -0.2) is 5.43 Å². The lowest BCUT2D eigenvalue weighted by molar-refractivity contribution is -0.116. The highest BCUT2D eigenvalue weighted by Gasteiger charge is 2.27. The third-order valence-corrected chi connectivity index (χ3v) is 4.13. The van der Waals surface area contributed by atoms with Gasteiger partial charge < -0.3 is 16.0 Å². The van der Waals surface area contributed by atoms with Crippen molar-refractivity contribution in [1.29, 1.82) is 0 Å². The molecule has 2 aromatic carbocycles. The topological polar surface area (TPSA) is 94.6 Å². The molecule has 4 N–H and O–H groups in total. The summed E-state index contributed by atoms with van der Waals surface area (Å²) in [6, 6.07) is 15.0. The highest BCUT2D eigenvalue weighted by atomic mass is 16.2. The number of nitrogens with zero attached hydrogens (tertiary/aromatic N) is 1. The van der Waals surface area contributed by atoms with Crippen molar-refractivity contribution in [1.82, 2.24) is 5.43 Å². The average Bonchev–Trinajstić information content (AvgIpc) is 3.02. The van der Waals surface area contributed by atoms with Gasteiger partial charge in [0.1, 0.15) is 5.57 Å². The van der Waals surface area contributed by atoms with Crippen LogP contribution in [0.25, 0.3) is 6.08 Å². The van der Waals surface area contributed by atoms with Crippen LogP contribution in [0.3, 0.4) is 0 Å². The molecule has 0 saturated carbocycles. The third-order valence-electron chi connectivity index (χ3n) is 4.13. The van der Waals surface area contributed by atoms with E-state index in [4.69, 9.17) is 0 Å². The van der Waals surface area contributed by atoms with Crippen molar-refractivity contribution in [3.8, 4) is 0 Å². The van der Waals surface area contributed by atoms with E-state index in [1.165, 1.54) is 6.92 Å². The van der Waals surface area contributed by atoms with Gasteiger partial charge in [0.05, 0.1) is 5.70 Å². The van der Waals surface area contributed by atoms with Crippen molar-refractivity contribution in [2.75, 3.05) is 16.0 Å². The monoisotopic (exact) mass is 359 g/mol. The van der Waals surface area contributed by atoms with Crippen LogP contribution in [-0.2, 0) is 9.59 Å². The SMILES string of the molecule is CC(=O)Nc1ccc(NC2=NNC(=O)C2=C2C=Cc3ccccc3N2)cc1. The Labute approximate surface area is 155 Å². The predicted molar refractivity (Wildman–Crippen MR) is 106 cm³/mol. The lowest BCUT2D eigenvalue weighted by Crippen LogP contribution is -2.22. The first-order valence-corrected chi connectivity index (χ1v) is 8.41. The van der Waals surface area contributed by atoms with Crippen molar-refractivity contribution < 1.29 is 9.59 Å². The molecular weight excluding hydrogens is 342 g/mol. The van der Waals surface area contributed by atoms with Crippen molar-refractivity contribution in [3.63, 3.8) is 0 Å². The van der Waals surface area contributed by atoms with Crippen molar-refractivity contribution in [2.45, 2.75) is 6.92 Å². The summed E-state index contributed by atoms with van der Waals surface area (Å²) < 4.78 is 0. The van der Waals surface area contributed by atoms with E-state index < -0.39 is 0 Å². The number of hydrazone groups is 1. The van der Waals surface area contributed by atoms with E-state index in [-0.39, 0.29) is 11.8 Å². The largest absolute Gasteiger partial charge is 0.354 e. The fraction of sp³-hybridized carbons (Fsp3) is 0.0500. The molecule has 2 amide bonds. The number of carbonyl (C=O) groups is 2. The summed E-state index contributed by atoms with van der Waals surface area (Å²) in [5.41, 5.74) is 7.04. The standard InChI is InChI=1S/C20H17N5O2/c1-12(26)21-14-7-9-15(10-8-14)22-19-18(20(27)25-24-19)17-11-6-13-4-2-3-5-16(13)23-17/h2-11,23H,1H3,(H,21,26)(H,22,24)(H,25,27). The summed E-state index contributed by atoms with van der Waals surface area (Å²) in [7, 11) is 0. The van der Waals surface area contributed by atoms with Gasteiger partial charge in [-0.3, -0.25) is 9.59 Å². The first kappa shape index (κ1) is 16.6. The number of allylic oxidation sites excluding steroid dienone is 1. The summed E-state index contributed by atoms with van der Waals surface area (Å²) in [4.78, 5) is 23.4. The minimum Gasteiger partial charge on any atom is -0.354 e. The van der Waals surface area contributed by atoms with Crippen LogP contribution in [0.1, 0.15) is 12.5 Å². The molecule has 0 aromatic heterocycles. The second-order valence-corrected chi connectivity index (χ2v) is 6.12. The number of hydrogen-bond donors (Lipinski definition) is 4. The zero-order valence-electron chi connectivity index (χ0n) is 14.5. The molecule has 134 valence electrons. The Morgan fingerprint density at radius 3 is 2.52 bits per heavy atom. The Balaban J connectivity index is 1.58. The number of amides is 2. The summed E-state index contributed by atoms with van der Waals surface area (Å²) in [6.45, 7) is 1.46. The molecule has 0 saturated heterocycles. The van der Waals surface area contributed by atoms with Gasteiger partial charge in [0.15, 0.2) is 5.84 Å². The molecule has 27 heavy (non-hydrogen) atoms. The van der Waals surface area contributed by atoms with Gasteiger partial charge in [0.25, 0.3) is 5.91 Å². The molecular formula is C20H17N5O2. The van der Waals surface area contributed by atoms with Crippen LogP contribution in [0.15, 0.2) is 71.0 Å². The average molecular weight is 359 g/mol. The van der Waals surface area contributed by atoms with Gasteiger partial charge >= 0.3 is 0 Å². The zero-order chi connectivity index (χ0) is 18.8. The minimum atomic E-state index is -0.279. The number of anilines is 3. The van der Waals surface area contributed by atoms with Crippen LogP contribution in [-0.4, -0.2) is 17.6 Å². The van der Waals surface area contributed by atoms with Crippen molar-refractivity contribution in [2.24, 2.45) is 5.10 Å². The van der Waals surface area contributed by atoms with Crippen LogP contribution >= 0.6 is 0 Å². The Bertz CT molecular complexity index is 1020. The van der Waals surface area contributed by atoms with E-state index in [9.17, 15) is 9.59 Å². The van der Waals surface area contributed by atoms with Crippen molar-refractivity contribution >= 4 is 40.8 Å². The predicted octanol–water partition coefficient (Wildman–Crippen LogP) is 2.89.